The van der Waals surface area contributed by atoms with Gasteiger partial charge in [-0.25, -0.2) is 4.39 Å². The SMILES string of the molecule is O=C1Nc2ccc(C#CCc3ccc(F)cc3)cc2C(=O)/C1=C/c1ccc(Cl)c(Cl)c1. The van der Waals surface area contributed by atoms with Gasteiger partial charge in [0.1, 0.15) is 5.82 Å². The summed E-state index contributed by atoms with van der Waals surface area (Å²) in [6.07, 6.45) is 1.93. The largest absolute Gasteiger partial charge is 0.321 e. The number of anilines is 1. The Kier molecular flexibility index (Phi) is 5.90. The molecule has 0 unspecified atom stereocenters. The zero-order valence-corrected chi connectivity index (χ0v) is 17.5. The second-order valence-corrected chi connectivity index (χ2v) is 7.69. The predicted molar refractivity (Wildman–Crippen MR) is 121 cm³/mol. The van der Waals surface area contributed by atoms with E-state index in [0.717, 1.165) is 5.56 Å². The molecule has 3 aromatic carbocycles. The van der Waals surface area contributed by atoms with Crippen LogP contribution in [0.2, 0.25) is 10.0 Å². The smallest absolute Gasteiger partial charge is 0.259 e. The summed E-state index contributed by atoms with van der Waals surface area (Å²) in [5.74, 6) is 4.85. The number of benzene rings is 3. The lowest BCUT2D eigenvalue weighted by molar-refractivity contribution is -0.112. The number of halogens is 3. The molecule has 3 aromatic rings. The number of Topliss-reactive ketones (excluding diaryl/α,β-unsaturated/α-hetero) is 1. The third-order valence-electron chi connectivity index (χ3n) is 4.69. The maximum absolute atomic E-state index is 13.0. The van der Waals surface area contributed by atoms with Gasteiger partial charge < -0.3 is 5.32 Å². The number of amides is 1. The van der Waals surface area contributed by atoms with Crippen LogP contribution >= 0.6 is 23.2 Å². The van der Waals surface area contributed by atoms with Gasteiger partial charge in [-0.1, -0.05) is 53.2 Å². The normalized spacial score (nSPS) is 14.0. The maximum atomic E-state index is 13.0. The molecule has 31 heavy (non-hydrogen) atoms. The van der Waals surface area contributed by atoms with Crippen LogP contribution in [0, 0.1) is 17.7 Å². The molecule has 0 fully saturated rings. The molecule has 0 saturated carbocycles. The van der Waals surface area contributed by atoms with Crippen molar-refractivity contribution in [3.63, 3.8) is 0 Å². The lowest BCUT2D eigenvalue weighted by Crippen LogP contribution is -2.27. The summed E-state index contributed by atoms with van der Waals surface area (Å²) in [5.41, 5.74) is 2.92. The molecule has 1 amide bonds. The molecular weight excluding hydrogens is 436 g/mol. The van der Waals surface area contributed by atoms with Gasteiger partial charge in [-0.3, -0.25) is 9.59 Å². The summed E-state index contributed by atoms with van der Waals surface area (Å²) in [5, 5.41) is 3.45. The second-order valence-electron chi connectivity index (χ2n) is 6.88. The Morgan fingerprint density at radius 1 is 0.935 bits per heavy atom. The number of carbonyl (C=O) groups excluding carboxylic acids is 2. The highest BCUT2D eigenvalue weighted by Gasteiger charge is 2.28. The minimum atomic E-state index is -0.487. The Balaban J connectivity index is 1.60. The van der Waals surface area contributed by atoms with Crippen LogP contribution in [-0.2, 0) is 11.2 Å². The highest BCUT2D eigenvalue weighted by molar-refractivity contribution is 6.42. The van der Waals surface area contributed by atoms with Crippen molar-refractivity contribution in [2.75, 3.05) is 5.32 Å². The highest BCUT2D eigenvalue weighted by Crippen LogP contribution is 2.29. The highest BCUT2D eigenvalue weighted by atomic mass is 35.5. The minimum absolute atomic E-state index is 0.00214. The van der Waals surface area contributed by atoms with E-state index in [0.29, 0.717) is 38.8 Å². The molecule has 4 rings (SSSR count). The first-order chi connectivity index (χ1) is 14.9. The zero-order chi connectivity index (χ0) is 22.0. The molecule has 1 heterocycles. The topological polar surface area (TPSA) is 46.2 Å². The van der Waals surface area contributed by atoms with Crippen molar-refractivity contribution in [3.05, 3.63) is 104 Å². The van der Waals surface area contributed by atoms with Gasteiger partial charge in [-0.15, -0.1) is 0 Å². The number of ketones is 1. The number of fused-ring (bicyclic) bond motifs is 1. The van der Waals surface area contributed by atoms with Crippen LogP contribution < -0.4 is 5.32 Å². The average Bonchev–Trinajstić information content (AvgIpc) is 2.75. The van der Waals surface area contributed by atoms with E-state index < -0.39 is 11.7 Å². The summed E-state index contributed by atoms with van der Waals surface area (Å²) in [6, 6.07) is 16.0. The first-order valence-electron chi connectivity index (χ1n) is 9.31. The Hall–Kier alpha value is -3.39. The van der Waals surface area contributed by atoms with E-state index >= 15 is 0 Å². The molecule has 152 valence electrons. The summed E-state index contributed by atoms with van der Waals surface area (Å²) >= 11 is 12.0. The van der Waals surface area contributed by atoms with Crippen LogP contribution in [-0.4, -0.2) is 11.7 Å². The molecule has 0 aromatic heterocycles. The maximum Gasteiger partial charge on any atom is 0.259 e. The summed E-state index contributed by atoms with van der Waals surface area (Å²) < 4.78 is 13.0. The Morgan fingerprint density at radius 3 is 2.45 bits per heavy atom. The van der Waals surface area contributed by atoms with Crippen molar-refractivity contribution in [3.8, 4) is 11.8 Å². The van der Waals surface area contributed by atoms with Crippen LogP contribution in [0.25, 0.3) is 6.08 Å². The minimum Gasteiger partial charge on any atom is -0.321 e. The van der Waals surface area contributed by atoms with Gasteiger partial charge in [0.15, 0.2) is 0 Å². The summed E-state index contributed by atoms with van der Waals surface area (Å²) in [4.78, 5) is 25.4. The Morgan fingerprint density at radius 2 is 1.71 bits per heavy atom. The molecule has 0 spiro atoms. The monoisotopic (exact) mass is 449 g/mol. The third kappa shape index (κ3) is 4.69. The van der Waals surface area contributed by atoms with Gasteiger partial charge >= 0.3 is 0 Å². The van der Waals surface area contributed by atoms with Crippen molar-refractivity contribution in [1.82, 2.24) is 0 Å². The summed E-state index contributed by atoms with van der Waals surface area (Å²) in [7, 11) is 0. The van der Waals surface area contributed by atoms with Crippen molar-refractivity contribution in [2.45, 2.75) is 6.42 Å². The second kappa shape index (κ2) is 8.77. The van der Waals surface area contributed by atoms with E-state index in [4.69, 9.17) is 23.2 Å². The van der Waals surface area contributed by atoms with Gasteiger partial charge in [0.25, 0.3) is 5.91 Å². The molecule has 0 bridgehead atoms. The molecule has 1 aliphatic heterocycles. The first kappa shape index (κ1) is 20.9. The molecule has 0 radical (unpaired) electrons. The van der Waals surface area contributed by atoms with E-state index in [1.807, 2.05) is 0 Å². The van der Waals surface area contributed by atoms with Crippen LogP contribution in [0.4, 0.5) is 10.1 Å². The molecule has 0 saturated heterocycles. The van der Waals surface area contributed by atoms with Gasteiger partial charge in [-0.2, -0.15) is 0 Å². The predicted octanol–water partition coefficient (Wildman–Crippen LogP) is 5.95. The number of hydrogen-bond donors (Lipinski definition) is 1. The van der Waals surface area contributed by atoms with E-state index in [9.17, 15) is 14.0 Å². The summed E-state index contributed by atoms with van der Waals surface area (Å²) in [6.45, 7) is 0. The van der Waals surface area contributed by atoms with E-state index in [1.165, 1.54) is 18.2 Å². The molecule has 6 heteroatoms. The quantitative estimate of drug-likeness (QED) is 0.298. The number of hydrogen-bond acceptors (Lipinski definition) is 2. The Bertz CT molecular complexity index is 1300. The van der Waals surface area contributed by atoms with Crippen LogP contribution in [0.15, 0.2) is 66.2 Å². The zero-order valence-electron chi connectivity index (χ0n) is 16.0. The van der Waals surface area contributed by atoms with Crippen molar-refractivity contribution >= 4 is 46.7 Å². The molecule has 1 N–H and O–H groups in total. The van der Waals surface area contributed by atoms with Gasteiger partial charge in [-0.05, 0) is 59.7 Å². The number of carbonyl (C=O) groups is 2. The van der Waals surface area contributed by atoms with Gasteiger partial charge in [0.05, 0.1) is 21.3 Å². The van der Waals surface area contributed by atoms with Crippen LogP contribution in [0.3, 0.4) is 0 Å². The number of rotatable bonds is 2. The average molecular weight is 450 g/mol. The molecule has 1 aliphatic rings. The van der Waals surface area contributed by atoms with Crippen molar-refractivity contribution in [1.29, 1.82) is 0 Å². The van der Waals surface area contributed by atoms with Gasteiger partial charge in [0, 0.05) is 17.5 Å². The van der Waals surface area contributed by atoms with E-state index in [2.05, 4.69) is 17.2 Å². The fraction of sp³-hybridized carbons (Fsp3) is 0.0400. The number of nitrogens with one attached hydrogen (secondary N) is 1. The van der Waals surface area contributed by atoms with Crippen molar-refractivity contribution < 1.29 is 14.0 Å². The molecule has 0 aliphatic carbocycles. The molecule has 3 nitrogen and oxygen atoms in total. The van der Waals surface area contributed by atoms with Crippen LogP contribution in [0.5, 0.6) is 0 Å². The van der Waals surface area contributed by atoms with Crippen LogP contribution in [0.1, 0.15) is 27.0 Å². The first-order valence-corrected chi connectivity index (χ1v) is 10.1. The van der Waals surface area contributed by atoms with E-state index in [1.54, 1.807) is 48.5 Å². The molecule has 0 atom stereocenters. The van der Waals surface area contributed by atoms with Crippen molar-refractivity contribution in [2.24, 2.45) is 0 Å². The Labute approximate surface area is 188 Å². The fourth-order valence-electron chi connectivity index (χ4n) is 3.11. The lowest BCUT2D eigenvalue weighted by atomic mass is 9.94. The third-order valence-corrected chi connectivity index (χ3v) is 5.43. The fourth-order valence-corrected chi connectivity index (χ4v) is 3.41. The van der Waals surface area contributed by atoms with E-state index in [-0.39, 0.29) is 11.4 Å². The van der Waals surface area contributed by atoms with Gasteiger partial charge in [0.2, 0.25) is 5.78 Å². The standard InChI is InChI=1S/C25H14Cl2FNO2/c26-21-10-6-17(14-22(21)27)13-20-24(30)19-12-16(7-11-23(19)29-25(20)31)3-1-2-15-4-8-18(28)9-5-15/h4-14H,2H2,(H,29,31)/b20-13-. The molecular formula is C25H14Cl2FNO2. The lowest BCUT2D eigenvalue weighted by Gasteiger charge is -2.18.